The maximum atomic E-state index is 11.0. The van der Waals surface area contributed by atoms with Crippen molar-refractivity contribution in [1.82, 2.24) is 0 Å². The molecule has 0 aliphatic heterocycles. The first-order valence-corrected chi connectivity index (χ1v) is 7.00. The number of benzene rings is 1. The Morgan fingerprint density at radius 1 is 1.26 bits per heavy atom. The summed E-state index contributed by atoms with van der Waals surface area (Å²) in [5.41, 5.74) is 0.945. The van der Waals surface area contributed by atoms with Crippen molar-refractivity contribution >= 4 is 43.9 Å². The van der Waals surface area contributed by atoms with Crippen LogP contribution in [0.5, 0.6) is 0 Å². The molecule has 1 aromatic heterocycles. The summed E-state index contributed by atoms with van der Waals surface area (Å²) in [6, 6.07) is 9.48. The van der Waals surface area contributed by atoms with E-state index in [0.717, 1.165) is 20.3 Å². The van der Waals surface area contributed by atoms with E-state index in [-0.39, 0.29) is 0 Å². The number of carbonyl (C=O) groups is 1. The Balaban J connectivity index is 2.26. The van der Waals surface area contributed by atoms with Crippen LogP contribution in [0.3, 0.4) is 0 Å². The van der Waals surface area contributed by atoms with Crippen molar-refractivity contribution in [3.63, 3.8) is 0 Å². The van der Waals surface area contributed by atoms with Gasteiger partial charge in [0.05, 0.1) is 7.11 Å². The summed E-state index contributed by atoms with van der Waals surface area (Å²) in [6.07, 6.45) is 2.89. The van der Waals surface area contributed by atoms with E-state index in [9.17, 15) is 4.79 Å². The molecule has 0 aliphatic carbocycles. The van der Waals surface area contributed by atoms with Crippen LogP contribution in [-0.2, 0) is 9.53 Å². The highest BCUT2D eigenvalue weighted by atomic mass is 79.9. The third kappa shape index (κ3) is 3.58. The lowest BCUT2D eigenvalue weighted by atomic mass is 10.2. The molecule has 0 fully saturated rings. The third-order valence-corrected chi connectivity index (χ3v) is 3.56. The van der Waals surface area contributed by atoms with Gasteiger partial charge in [0.2, 0.25) is 0 Å². The lowest BCUT2D eigenvalue weighted by molar-refractivity contribution is -0.134. The molecule has 1 aromatic carbocycles. The first-order chi connectivity index (χ1) is 9.10. The molecule has 2 aromatic rings. The number of furan rings is 1. The Bertz CT molecular complexity index is 629. The summed E-state index contributed by atoms with van der Waals surface area (Å²) in [5, 5.41) is 0. The van der Waals surface area contributed by atoms with Crippen LogP contribution >= 0.6 is 31.9 Å². The van der Waals surface area contributed by atoms with Crippen LogP contribution in [-0.4, -0.2) is 13.1 Å². The average Bonchev–Trinajstić information content (AvgIpc) is 2.84. The van der Waals surface area contributed by atoms with E-state index in [0.29, 0.717) is 5.76 Å². The summed E-state index contributed by atoms with van der Waals surface area (Å²) >= 11 is 6.88. The SMILES string of the molecule is COC(=O)/C=C/c1ccc(-c2ccc(Br)cc2Br)o1. The van der Waals surface area contributed by atoms with Gasteiger partial charge in [-0.1, -0.05) is 15.9 Å². The topological polar surface area (TPSA) is 39.4 Å². The number of hydrogen-bond acceptors (Lipinski definition) is 3. The Hall–Kier alpha value is -1.33. The highest BCUT2D eigenvalue weighted by Gasteiger charge is 2.07. The zero-order valence-corrected chi connectivity index (χ0v) is 13.2. The average molecular weight is 386 g/mol. The fourth-order valence-electron chi connectivity index (χ4n) is 1.49. The Morgan fingerprint density at radius 3 is 2.74 bits per heavy atom. The standard InChI is InChI=1S/C14H10Br2O3/c1-18-14(17)7-4-10-3-6-13(19-10)11-5-2-9(15)8-12(11)16/h2-8H,1H3/b7-4+. The van der Waals surface area contributed by atoms with Gasteiger partial charge in [0.1, 0.15) is 11.5 Å². The summed E-state index contributed by atoms with van der Waals surface area (Å²) in [4.78, 5) is 11.0. The normalized spacial score (nSPS) is 10.9. The van der Waals surface area contributed by atoms with Crippen molar-refractivity contribution in [2.24, 2.45) is 0 Å². The number of esters is 1. The van der Waals surface area contributed by atoms with Crippen LogP contribution in [0, 0.1) is 0 Å². The lowest BCUT2D eigenvalue weighted by Gasteiger charge is -2.01. The summed E-state index contributed by atoms with van der Waals surface area (Å²) in [5.74, 6) is 0.905. The van der Waals surface area contributed by atoms with Crippen molar-refractivity contribution < 1.29 is 13.9 Å². The maximum Gasteiger partial charge on any atom is 0.330 e. The molecule has 0 amide bonds. The molecule has 98 valence electrons. The van der Waals surface area contributed by atoms with Gasteiger partial charge in [0, 0.05) is 20.6 Å². The molecule has 0 spiro atoms. The number of ether oxygens (including phenoxy) is 1. The first-order valence-electron chi connectivity index (χ1n) is 5.41. The van der Waals surface area contributed by atoms with Crippen LogP contribution in [0.4, 0.5) is 0 Å². The largest absolute Gasteiger partial charge is 0.466 e. The molecule has 1 heterocycles. The highest BCUT2D eigenvalue weighted by molar-refractivity contribution is 9.11. The van der Waals surface area contributed by atoms with Crippen LogP contribution in [0.2, 0.25) is 0 Å². The zero-order chi connectivity index (χ0) is 13.8. The number of rotatable bonds is 3. The molecule has 0 bridgehead atoms. The number of halogens is 2. The van der Waals surface area contributed by atoms with Crippen LogP contribution in [0.1, 0.15) is 5.76 Å². The Morgan fingerprint density at radius 2 is 2.05 bits per heavy atom. The monoisotopic (exact) mass is 384 g/mol. The van der Waals surface area contributed by atoms with E-state index >= 15 is 0 Å². The van der Waals surface area contributed by atoms with Gasteiger partial charge in [-0.2, -0.15) is 0 Å². The third-order valence-electron chi connectivity index (χ3n) is 2.41. The molecule has 2 rings (SSSR count). The predicted octanol–water partition coefficient (Wildman–Crippen LogP) is 4.66. The van der Waals surface area contributed by atoms with E-state index < -0.39 is 5.97 Å². The second-order valence-corrected chi connectivity index (χ2v) is 5.45. The second-order valence-electron chi connectivity index (χ2n) is 3.68. The second kappa shape index (κ2) is 6.21. The summed E-state index contributed by atoms with van der Waals surface area (Å²) < 4.78 is 12.1. The smallest absolute Gasteiger partial charge is 0.330 e. The molecule has 0 saturated heterocycles. The summed E-state index contributed by atoms with van der Waals surface area (Å²) in [7, 11) is 1.33. The number of hydrogen-bond donors (Lipinski definition) is 0. The predicted molar refractivity (Wildman–Crippen MR) is 80.6 cm³/mol. The van der Waals surface area contributed by atoms with Crippen molar-refractivity contribution in [3.05, 3.63) is 51.1 Å². The molecule has 0 aliphatic rings. The van der Waals surface area contributed by atoms with Crippen LogP contribution in [0.25, 0.3) is 17.4 Å². The van der Waals surface area contributed by atoms with E-state index in [2.05, 4.69) is 36.6 Å². The van der Waals surface area contributed by atoms with E-state index in [1.165, 1.54) is 13.2 Å². The minimum Gasteiger partial charge on any atom is -0.466 e. The Labute approximate surface area is 127 Å². The van der Waals surface area contributed by atoms with Crippen molar-refractivity contribution in [1.29, 1.82) is 0 Å². The number of methoxy groups -OCH3 is 1. The van der Waals surface area contributed by atoms with Crippen LogP contribution < -0.4 is 0 Å². The molecule has 0 saturated carbocycles. The molecule has 0 radical (unpaired) electrons. The van der Waals surface area contributed by atoms with Gasteiger partial charge in [0.25, 0.3) is 0 Å². The summed E-state index contributed by atoms with van der Waals surface area (Å²) in [6.45, 7) is 0. The molecule has 3 nitrogen and oxygen atoms in total. The fourth-order valence-corrected chi connectivity index (χ4v) is 2.74. The minimum atomic E-state index is -0.414. The highest BCUT2D eigenvalue weighted by Crippen LogP contribution is 2.32. The van der Waals surface area contributed by atoms with Crippen LogP contribution in [0.15, 0.2) is 49.8 Å². The molecule has 0 unspecified atom stereocenters. The van der Waals surface area contributed by atoms with E-state index in [1.54, 1.807) is 12.1 Å². The van der Waals surface area contributed by atoms with Gasteiger partial charge in [-0.3, -0.25) is 0 Å². The quantitative estimate of drug-likeness (QED) is 0.569. The molecular weight excluding hydrogens is 376 g/mol. The van der Waals surface area contributed by atoms with Gasteiger partial charge in [-0.15, -0.1) is 0 Å². The molecule has 5 heteroatoms. The van der Waals surface area contributed by atoms with E-state index in [1.807, 2.05) is 24.3 Å². The minimum absolute atomic E-state index is 0.414. The van der Waals surface area contributed by atoms with Gasteiger partial charge in [-0.25, -0.2) is 4.79 Å². The fraction of sp³-hybridized carbons (Fsp3) is 0.0714. The molecule has 0 atom stereocenters. The van der Waals surface area contributed by atoms with Crippen molar-refractivity contribution in [2.75, 3.05) is 7.11 Å². The van der Waals surface area contributed by atoms with E-state index in [4.69, 9.17) is 4.42 Å². The first kappa shape index (κ1) is 14.1. The van der Waals surface area contributed by atoms with Crippen molar-refractivity contribution in [2.45, 2.75) is 0 Å². The van der Waals surface area contributed by atoms with Gasteiger partial charge in [-0.05, 0) is 52.3 Å². The molecular formula is C14H10Br2O3. The molecule has 19 heavy (non-hydrogen) atoms. The Kier molecular flexibility index (Phi) is 4.61. The zero-order valence-electron chi connectivity index (χ0n) is 10.0. The lowest BCUT2D eigenvalue weighted by Crippen LogP contribution is -1.92. The molecule has 0 N–H and O–H groups in total. The van der Waals surface area contributed by atoms with Gasteiger partial charge in [0.15, 0.2) is 0 Å². The van der Waals surface area contributed by atoms with Gasteiger partial charge >= 0.3 is 5.97 Å². The number of carbonyl (C=O) groups excluding carboxylic acids is 1. The maximum absolute atomic E-state index is 11.0. The van der Waals surface area contributed by atoms with Crippen molar-refractivity contribution in [3.8, 4) is 11.3 Å². The van der Waals surface area contributed by atoms with Gasteiger partial charge < -0.3 is 9.15 Å².